The van der Waals surface area contributed by atoms with Gasteiger partial charge in [-0.05, 0) is 31.0 Å². The van der Waals surface area contributed by atoms with E-state index in [1.807, 2.05) is 0 Å². The zero-order valence-corrected chi connectivity index (χ0v) is 9.87. The average molecular weight is 247 g/mol. The molecular weight excluding hydrogens is 233 g/mol. The lowest BCUT2D eigenvalue weighted by atomic mass is 9.85. The fraction of sp³-hybridized carbons (Fsp3) is 0.357. The van der Waals surface area contributed by atoms with Crippen LogP contribution in [-0.4, -0.2) is 17.6 Å². The van der Waals surface area contributed by atoms with Crippen LogP contribution in [0.15, 0.2) is 18.2 Å². The molecule has 0 aliphatic heterocycles. The molecule has 1 amide bonds. The van der Waals surface area contributed by atoms with Crippen LogP contribution < -0.4 is 5.32 Å². The van der Waals surface area contributed by atoms with E-state index in [0.29, 0.717) is 5.56 Å². The van der Waals surface area contributed by atoms with Gasteiger partial charge >= 0.3 is 0 Å². The topological polar surface area (TPSA) is 49.3 Å². The molecule has 1 saturated carbocycles. The average Bonchev–Trinajstić information content (AvgIpc) is 2.27. The second-order valence-corrected chi connectivity index (χ2v) is 4.27. The molecular formula is C14H14FNO2. The molecule has 18 heavy (non-hydrogen) atoms. The van der Waals surface area contributed by atoms with E-state index in [9.17, 15) is 9.18 Å². The molecule has 0 bridgehead atoms. The molecule has 1 aliphatic carbocycles. The summed E-state index contributed by atoms with van der Waals surface area (Å²) in [7, 11) is 0. The van der Waals surface area contributed by atoms with Crippen LogP contribution in [0.4, 0.5) is 10.1 Å². The minimum absolute atomic E-state index is 0.0262. The van der Waals surface area contributed by atoms with Gasteiger partial charge in [-0.1, -0.05) is 18.3 Å². The van der Waals surface area contributed by atoms with Crippen molar-refractivity contribution in [2.45, 2.75) is 19.3 Å². The summed E-state index contributed by atoms with van der Waals surface area (Å²) in [6, 6.07) is 4.36. The number of nitrogens with one attached hydrogen (secondary N) is 1. The normalized spacial score (nSPS) is 14.3. The van der Waals surface area contributed by atoms with E-state index in [-0.39, 0.29) is 24.1 Å². The first kappa shape index (κ1) is 12.6. The van der Waals surface area contributed by atoms with E-state index >= 15 is 0 Å². The number of rotatable bonds is 2. The number of amides is 1. The first-order valence-corrected chi connectivity index (χ1v) is 5.91. The van der Waals surface area contributed by atoms with Crippen LogP contribution in [0.5, 0.6) is 0 Å². The van der Waals surface area contributed by atoms with Crippen LogP contribution >= 0.6 is 0 Å². The van der Waals surface area contributed by atoms with E-state index < -0.39 is 5.82 Å². The molecule has 0 unspecified atom stereocenters. The van der Waals surface area contributed by atoms with Gasteiger partial charge < -0.3 is 10.4 Å². The Morgan fingerprint density at radius 1 is 1.50 bits per heavy atom. The maximum atomic E-state index is 13.7. The van der Waals surface area contributed by atoms with E-state index in [4.69, 9.17) is 5.11 Å². The Hall–Kier alpha value is -1.86. The molecule has 3 nitrogen and oxygen atoms in total. The van der Waals surface area contributed by atoms with Gasteiger partial charge in [0.05, 0.1) is 5.69 Å². The maximum Gasteiger partial charge on any atom is 0.227 e. The molecule has 0 radical (unpaired) electrons. The number of anilines is 1. The monoisotopic (exact) mass is 247 g/mol. The minimum atomic E-state index is -0.507. The van der Waals surface area contributed by atoms with Gasteiger partial charge in [-0.15, -0.1) is 0 Å². The third kappa shape index (κ3) is 2.88. The highest BCUT2D eigenvalue weighted by Gasteiger charge is 2.25. The lowest BCUT2D eigenvalue weighted by Crippen LogP contribution is -2.28. The van der Waals surface area contributed by atoms with Crippen molar-refractivity contribution in [2.24, 2.45) is 5.92 Å². The molecule has 1 aromatic rings. The first-order valence-electron chi connectivity index (χ1n) is 5.91. The third-order valence-corrected chi connectivity index (χ3v) is 3.01. The van der Waals surface area contributed by atoms with Gasteiger partial charge in [0.15, 0.2) is 0 Å². The van der Waals surface area contributed by atoms with Crippen LogP contribution in [0.1, 0.15) is 24.8 Å². The molecule has 0 atom stereocenters. The highest BCUT2D eigenvalue weighted by molar-refractivity contribution is 5.93. The van der Waals surface area contributed by atoms with E-state index in [1.165, 1.54) is 12.1 Å². The van der Waals surface area contributed by atoms with Crippen molar-refractivity contribution in [3.05, 3.63) is 29.6 Å². The summed E-state index contributed by atoms with van der Waals surface area (Å²) < 4.78 is 13.7. The molecule has 2 rings (SSSR count). The van der Waals surface area contributed by atoms with Crippen molar-refractivity contribution < 1.29 is 14.3 Å². The lowest BCUT2D eigenvalue weighted by molar-refractivity contribution is -0.122. The summed E-state index contributed by atoms with van der Waals surface area (Å²) in [5.41, 5.74) is 0.657. The number of hydrogen-bond acceptors (Lipinski definition) is 2. The molecule has 0 spiro atoms. The maximum absolute atomic E-state index is 13.7. The number of hydrogen-bond donors (Lipinski definition) is 2. The molecule has 94 valence electrons. The quantitative estimate of drug-likeness (QED) is 0.784. The number of benzene rings is 1. The molecule has 1 fully saturated rings. The van der Waals surface area contributed by atoms with Crippen molar-refractivity contribution in [1.29, 1.82) is 0 Å². The van der Waals surface area contributed by atoms with E-state index in [1.54, 1.807) is 6.07 Å². The predicted octanol–water partition coefficient (Wildman–Crippen LogP) is 1.91. The van der Waals surface area contributed by atoms with E-state index in [0.717, 1.165) is 19.3 Å². The van der Waals surface area contributed by atoms with Gasteiger partial charge in [0, 0.05) is 11.5 Å². The Balaban J connectivity index is 2.07. The number of aliphatic hydroxyl groups excluding tert-OH is 1. The van der Waals surface area contributed by atoms with Crippen molar-refractivity contribution >= 4 is 11.6 Å². The predicted molar refractivity (Wildman–Crippen MR) is 66.3 cm³/mol. The molecule has 4 heteroatoms. The summed E-state index contributed by atoms with van der Waals surface area (Å²) in [5, 5.41) is 11.1. The Kier molecular flexibility index (Phi) is 3.96. The fourth-order valence-corrected chi connectivity index (χ4v) is 1.74. The number of aliphatic hydroxyl groups is 1. The standard InChI is InChI=1S/C14H14FNO2/c15-12-9-10(3-2-8-17)6-7-13(12)16-14(18)11-4-1-5-11/h6-7,9,11,17H,1,4-5,8H2,(H,16,18). The highest BCUT2D eigenvalue weighted by atomic mass is 19.1. The number of carbonyl (C=O) groups excluding carboxylic acids is 1. The van der Waals surface area contributed by atoms with Gasteiger partial charge in [-0.25, -0.2) is 4.39 Å². The van der Waals surface area contributed by atoms with Gasteiger partial charge in [0.25, 0.3) is 0 Å². The zero-order chi connectivity index (χ0) is 13.0. The Morgan fingerprint density at radius 3 is 2.83 bits per heavy atom. The van der Waals surface area contributed by atoms with Crippen LogP contribution in [0.3, 0.4) is 0 Å². The third-order valence-electron chi connectivity index (χ3n) is 3.01. The van der Waals surface area contributed by atoms with Crippen molar-refractivity contribution in [3.8, 4) is 11.8 Å². The molecule has 1 aromatic carbocycles. The SMILES string of the molecule is O=C(Nc1ccc(C#CCO)cc1F)C1CCC1. The summed E-state index contributed by atoms with van der Waals surface area (Å²) in [4.78, 5) is 11.7. The fourth-order valence-electron chi connectivity index (χ4n) is 1.74. The minimum Gasteiger partial charge on any atom is -0.384 e. The summed E-state index contributed by atoms with van der Waals surface area (Å²) in [5.74, 6) is 4.45. The van der Waals surface area contributed by atoms with Crippen molar-refractivity contribution in [2.75, 3.05) is 11.9 Å². The Bertz CT molecular complexity index is 512. The second-order valence-electron chi connectivity index (χ2n) is 4.27. The van der Waals surface area contributed by atoms with Crippen molar-refractivity contribution in [3.63, 3.8) is 0 Å². The summed E-state index contributed by atoms with van der Waals surface area (Å²) in [6.45, 7) is -0.262. The van der Waals surface area contributed by atoms with Crippen molar-refractivity contribution in [1.82, 2.24) is 0 Å². The Labute approximate surface area is 105 Å². The smallest absolute Gasteiger partial charge is 0.227 e. The lowest BCUT2D eigenvalue weighted by Gasteiger charge is -2.24. The molecule has 2 N–H and O–H groups in total. The molecule has 0 aromatic heterocycles. The molecule has 0 saturated heterocycles. The largest absolute Gasteiger partial charge is 0.384 e. The molecule has 0 heterocycles. The molecule has 1 aliphatic rings. The van der Waals surface area contributed by atoms with Crippen LogP contribution in [0, 0.1) is 23.6 Å². The summed E-state index contributed by atoms with van der Waals surface area (Å²) >= 11 is 0. The zero-order valence-electron chi connectivity index (χ0n) is 9.87. The highest BCUT2D eigenvalue weighted by Crippen LogP contribution is 2.28. The van der Waals surface area contributed by atoms with Crippen LogP contribution in [0.2, 0.25) is 0 Å². The van der Waals surface area contributed by atoms with Crippen LogP contribution in [0.25, 0.3) is 0 Å². The van der Waals surface area contributed by atoms with Crippen LogP contribution in [-0.2, 0) is 4.79 Å². The van der Waals surface area contributed by atoms with Gasteiger partial charge in [0.1, 0.15) is 12.4 Å². The first-order chi connectivity index (χ1) is 8.70. The van der Waals surface area contributed by atoms with Gasteiger partial charge in [-0.3, -0.25) is 4.79 Å². The summed E-state index contributed by atoms with van der Waals surface area (Å²) in [6.07, 6.45) is 2.83. The Morgan fingerprint density at radius 2 is 2.28 bits per heavy atom. The second kappa shape index (κ2) is 5.65. The van der Waals surface area contributed by atoms with E-state index in [2.05, 4.69) is 17.2 Å². The number of carbonyl (C=O) groups is 1. The number of halogens is 1. The van der Waals surface area contributed by atoms with Gasteiger partial charge in [0.2, 0.25) is 5.91 Å². The van der Waals surface area contributed by atoms with Gasteiger partial charge in [-0.2, -0.15) is 0 Å².